The van der Waals surface area contributed by atoms with Crippen molar-refractivity contribution in [1.82, 2.24) is 34.7 Å². The third-order valence-corrected chi connectivity index (χ3v) is 9.22. The van der Waals surface area contributed by atoms with Gasteiger partial charge in [-0.1, -0.05) is 62.4 Å². The molecule has 248 valence electrons. The Bertz CT molecular complexity index is 1960. The summed E-state index contributed by atoms with van der Waals surface area (Å²) in [7, 11) is 0. The lowest BCUT2D eigenvalue weighted by atomic mass is 10.00. The van der Waals surface area contributed by atoms with E-state index in [1.54, 1.807) is 11.1 Å². The molecule has 0 unspecified atom stereocenters. The number of fused-ring (bicyclic) bond motifs is 1. The summed E-state index contributed by atoms with van der Waals surface area (Å²) in [6.45, 7) is 11.0. The summed E-state index contributed by atoms with van der Waals surface area (Å²) in [5.74, 6) is 2.05. The number of carbonyl (C=O) groups excluding carboxylic acids is 1. The average Bonchev–Trinajstić information content (AvgIpc) is 3.85. The van der Waals surface area contributed by atoms with Crippen LogP contribution >= 0.6 is 0 Å². The van der Waals surface area contributed by atoms with E-state index in [2.05, 4.69) is 88.4 Å². The minimum atomic E-state index is -0.910. The number of nitrogens with one attached hydrogen (secondary N) is 2. The van der Waals surface area contributed by atoms with Crippen molar-refractivity contribution < 1.29 is 19.4 Å². The fourth-order valence-corrected chi connectivity index (χ4v) is 6.93. The summed E-state index contributed by atoms with van der Waals surface area (Å²) in [4.78, 5) is 48.7. The summed E-state index contributed by atoms with van der Waals surface area (Å²) in [6.07, 6.45) is 3.95. The molecule has 2 aliphatic heterocycles. The van der Waals surface area contributed by atoms with E-state index in [1.165, 1.54) is 4.90 Å². The van der Waals surface area contributed by atoms with Crippen molar-refractivity contribution >= 4 is 23.4 Å². The molecule has 3 N–H and O–H groups in total. The number of aromatic nitrogens is 5. The van der Waals surface area contributed by atoms with E-state index in [0.717, 1.165) is 57.7 Å². The molecule has 11 heteroatoms. The molecule has 0 radical (unpaired) electrons. The Morgan fingerprint density at radius 2 is 1.33 bits per heavy atom. The van der Waals surface area contributed by atoms with Gasteiger partial charge in [0.1, 0.15) is 17.2 Å². The summed E-state index contributed by atoms with van der Waals surface area (Å²) in [5.41, 5.74) is 6.90. The first kappa shape index (κ1) is 31.4. The first-order valence-corrected chi connectivity index (χ1v) is 16.5. The number of benzene rings is 2. The zero-order valence-electron chi connectivity index (χ0n) is 27.9. The molecular weight excluding hydrogens is 606 g/mol. The second-order valence-corrected chi connectivity index (χ2v) is 14.3. The Hall–Kier alpha value is -5.19. The largest absolute Gasteiger partial charge is 0.465 e. The Labute approximate surface area is 279 Å². The van der Waals surface area contributed by atoms with E-state index in [0.29, 0.717) is 36.4 Å². The van der Waals surface area contributed by atoms with Crippen LogP contribution in [0.1, 0.15) is 71.2 Å². The van der Waals surface area contributed by atoms with Gasteiger partial charge < -0.3 is 19.8 Å². The van der Waals surface area contributed by atoms with Gasteiger partial charge in [0.15, 0.2) is 5.65 Å². The zero-order valence-corrected chi connectivity index (χ0v) is 27.9. The maximum atomic E-state index is 13.0. The van der Waals surface area contributed by atoms with Crippen molar-refractivity contribution in [2.75, 3.05) is 13.1 Å². The normalized spacial score (nSPS) is 21.3. The van der Waals surface area contributed by atoms with Gasteiger partial charge in [0.05, 0.1) is 29.5 Å². The number of ether oxygens (including phenoxy) is 1. The number of carbonyl (C=O) groups is 2. The van der Waals surface area contributed by atoms with Crippen molar-refractivity contribution in [2.24, 2.45) is 11.8 Å². The molecule has 11 nitrogen and oxygen atoms in total. The maximum Gasteiger partial charge on any atom is 0.410 e. The van der Waals surface area contributed by atoms with Gasteiger partial charge in [-0.05, 0) is 73.8 Å². The number of amides is 2. The Balaban J connectivity index is 1.05. The predicted molar refractivity (Wildman–Crippen MR) is 183 cm³/mol. The number of hydrogen-bond donors (Lipinski definition) is 3. The molecule has 0 aliphatic carbocycles. The van der Waals surface area contributed by atoms with Crippen LogP contribution < -0.4 is 0 Å². The number of hydrogen-bond acceptors (Lipinski definition) is 6. The summed E-state index contributed by atoms with van der Waals surface area (Å²) in [6, 6.07) is 18.3. The van der Waals surface area contributed by atoms with E-state index >= 15 is 0 Å². The van der Waals surface area contributed by atoms with Crippen molar-refractivity contribution in [1.29, 1.82) is 0 Å². The van der Waals surface area contributed by atoms with Crippen LogP contribution in [0, 0.1) is 11.8 Å². The van der Waals surface area contributed by atoms with Gasteiger partial charge in [0.25, 0.3) is 0 Å². The first-order valence-electron chi connectivity index (χ1n) is 16.5. The molecule has 2 saturated heterocycles. The van der Waals surface area contributed by atoms with Crippen LogP contribution in [0.2, 0.25) is 0 Å². The van der Waals surface area contributed by atoms with E-state index < -0.39 is 11.7 Å². The molecule has 5 aromatic rings. The average molecular weight is 648 g/mol. The molecule has 0 bridgehead atoms. The van der Waals surface area contributed by atoms with Crippen molar-refractivity contribution in [3.8, 4) is 33.5 Å². The smallest absolute Gasteiger partial charge is 0.410 e. The lowest BCUT2D eigenvalue weighted by Gasteiger charge is -2.27. The number of imidazole rings is 2. The Morgan fingerprint density at radius 3 is 1.94 bits per heavy atom. The van der Waals surface area contributed by atoms with E-state index in [4.69, 9.17) is 9.72 Å². The number of likely N-dealkylation sites (tertiary alicyclic amines) is 2. The van der Waals surface area contributed by atoms with Gasteiger partial charge in [-0.25, -0.2) is 24.5 Å². The number of rotatable bonds is 5. The SMILES string of the molecule is C[C@H]1C[C@@H](c2ncc(-c3ccc(-c4ccc(-c5cnc6nc([C@@H]7C[C@H](C)CN7C(=O)OC(C)(C)C)[nH]c6c5)cc4)cc3)[nH]2)N(C(=O)O)C1. The van der Waals surface area contributed by atoms with Gasteiger partial charge in [-0.3, -0.25) is 9.80 Å². The highest BCUT2D eigenvalue weighted by Gasteiger charge is 2.39. The zero-order chi connectivity index (χ0) is 33.7. The second-order valence-electron chi connectivity index (χ2n) is 14.3. The summed E-state index contributed by atoms with van der Waals surface area (Å²) in [5, 5.41) is 9.61. The molecule has 7 rings (SSSR count). The Kier molecular flexibility index (Phi) is 7.93. The standard InChI is InChI=1S/C37H41N7O4/c1-21-14-30(43(19-21)35(45)46)33-39-18-29(41-33)26-12-10-24(11-13-26)23-6-8-25(9-7-23)27-16-28-32(38-17-27)42-34(40-28)31-15-22(2)20-44(31)36(47)48-37(3,4)5/h6-13,16-18,21-22,30-31H,14-15,19-20H2,1-5H3,(H,39,41)(H,45,46)(H,38,40,42)/t21-,22-,30-,31-/m0/s1. The molecule has 2 aromatic carbocycles. The van der Waals surface area contributed by atoms with Crippen molar-refractivity contribution in [3.63, 3.8) is 0 Å². The maximum absolute atomic E-state index is 13.0. The molecule has 0 saturated carbocycles. The van der Waals surface area contributed by atoms with E-state index in [1.807, 2.05) is 27.0 Å². The quantitative estimate of drug-likeness (QED) is 0.175. The number of H-pyrrole nitrogens is 2. The van der Waals surface area contributed by atoms with E-state index in [9.17, 15) is 14.7 Å². The van der Waals surface area contributed by atoms with Crippen LogP contribution in [0.5, 0.6) is 0 Å². The third-order valence-electron chi connectivity index (χ3n) is 9.22. The topological polar surface area (TPSA) is 140 Å². The van der Waals surface area contributed by atoms with Crippen LogP contribution in [0.25, 0.3) is 44.7 Å². The lowest BCUT2D eigenvalue weighted by molar-refractivity contribution is 0.0214. The van der Waals surface area contributed by atoms with Gasteiger partial charge in [0, 0.05) is 24.8 Å². The highest BCUT2D eigenvalue weighted by molar-refractivity contribution is 5.80. The number of nitrogens with zero attached hydrogens (tertiary/aromatic N) is 5. The molecule has 3 aromatic heterocycles. The van der Waals surface area contributed by atoms with E-state index in [-0.39, 0.29) is 18.2 Å². The summed E-state index contributed by atoms with van der Waals surface area (Å²) >= 11 is 0. The number of carboxylic acid groups (broad SMARTS) is 1. The highest BCUT2D eigenvalue weighted by Crippen LogP contribution is 2.37. The fraction of sp³-hybridized carbons (Fsp3) is 0.378. The third kappa shape index (κ3) is 6.24. The lowest BCUT2D eigenvalue weighted by Crippen LogP contribution is -2.37. The van der Waals surface area contributed by atoms with Crippen LogP contribution in [0.3, 0.4) is 0 Å². The molecule has 2 amide bonds. The first-order chi connectivity index (χ1) is 22.9. The Morgan fingerprint density at radius 1 is 0.771 bits per heavy atom. The van der Waals surface area contributed by atoms with Gasteiger partial charge in [0.2, 0.25) is 0 Å². The van der Waals surface area contributed by atoms with Gasteiger partial charge in [-0.2, -0.15) is 0 Å². The second kappa shape index (κ2) is 12.1. The van der Waals surface area contributed by atoms with Crippen molar-refractivity contribution in [3.05, 3.63) is 78.6 Å². The predicted octanol–water partition coefficient (Wildman–Crippen LogP) is 8.06. The van der Waals surface area contributed by atoms with Crippen molar-refractivity contribution in [2.45, 2.75) is 65.1 Å². The van der Waals surface area contributed by atoms with Crippen LogP contribution in [0.4, 0.5) is 9.59 Å². The van der Waals surface area contributed by atoms with Gasteiger partial charge in [-0.15, -0.1) is 0 Å². The molecule has 48 heavy (non-hydrogen) atoms. The minimum Gasteiger partial charge on any atom is -0.465 e. The molecular formula is C37H41N7O4. The van der Waals surface area contributed by atoms with Crippen LogP contribution in [-0.2, 0) is 4.74 Å². The van der Waals surface area contributed by atoms with Gasteiger partial charge >= 0.3 is 12.2 Å². The molecule has 2 aliphatic rings. The monoisotopic (exact) mass is 647 g/mol. The highest BCUT2D eigenvalue weighted by atomic mass is 16.6. The molecule has 2 fully saturated rings. The number of aromatic amines is 2. The van der Waals surface area contributed by atoms with Crippen LogP contribution in [0.15, 0.2) is 67.0 Å². The fourth-order valence-electron chi connectivity index (χ4n) is 6.93. The molecule has 5 heterocycles. The molecule has 0 spiro atoms. The molecule has 4 atom stereocenters. The van der Waals surface area contributed by atoms with Crippen LogP contribution in [-0.4, -0.2) is 70.7 Å². The summed E-state index contributed by atoms with van der Waals surface area (Å²) < 4.78 is 5.68. The number of pyridine rings is 1. The minimum absolute atomic E-state index is 0.188.